The largest absolute Gasteiger partial charge is 0.496 e. The lowest BCUT2D eigenvalue weighted by molar-refractivity contribution is 0.401. The lowest BCUT2D eigenvalue weighted by Gasteiger charge is -2.16. The van der Waals surface area contributed by atoms with E-state index >= 15 is 0 Å². The lowest BCUT2D eigenvalue weighted by Crippen LogP contribution is -2.11. The molecular weight excluding hydrogens is 278 g/mol. The molecular formula is C14H22BrNO. The van der Waals surface area contributed by atoms with Gasteiger partial charge in [-0.1, -0.05) is 48.7 Å². The third kappa shape index (κ3) is 4.68. The molecule has 3 heteroatoms. The van der Waals surface area contributed by atoms with Crippen molar-refractivity contribution in [3.63, 3.8) is 0 Å². The fourth-order valence-electron chi connectivity index (χ4n) is 1.89. The maximum Gasteiger partial charge on any atom is 0.124 e. The van der Waals surface area contributed by atoms with Crippen LogP contribution in [0.25, 0.3) is 0 Å². The van der Waals surface area contributed by atoms with E-state index in [1.165, 1.54) is 6.42 Å². The molecule has 0 aromatic heterocycles. The summed E-state index contributed by atoms with van der Waals surface area (Å²) in [7, 11) is 1.69. The van der Waals surface area contributed by atoms with Crippen LogP contribution >= 0.6 is 15.9 Å². The van der Waals surface area contributed by atoms with E-state index < -0.39 is 0 Å². The Bertz CT molecular complexity index is 352. The minimum absolute atomic E-state index is 0.0665. The summed E-state index contributed by atoms with van der Waals surface area (Å²) in [4.78, 5) is 0. The highest BCUT2D eigenvalue weighted by Gasteiger charge is 2.12. The third-order valence-electron chi connectivity index (χ3n) is 2.89. The van der Waals surface area contributed by atoms with Crippen LogP contribution in [-0.4, -0.2) is 7.11 Å². The van der Waals surface area contributed by atoms with Crippen LogP contribution in [0.4, 0.5) is 0 Å². The maximum atomic E-state index is 6.21. The highest BCUT2D eigenvalue weighted by atomic mass is 79.9. The van der Waals surface area contributed by atoms with Crippen molar-refractivity contribution in [2.45, 2.75) is 39.2 Å². The standard InChI is InChI=1S/C14H22BrNO/c1-10(2)5-4-6-13(16)12-8-7-11(15)9-14(12)17-3/h7-10,13H,4-6,16H2,1-3H3. The number of hydrogen-bond donors (Lipinski definition) is 1. The third-order valence-corrected chi connectivity index (χ3v) is 3.38. The van der Waals surface area contributed by atoms with Gasteiger partial charge in [0.15, 0.2) is 0 Å². The molecule has 0 aliphatic rings. The zero-order valence-corrected chi connectivity index (χ0v) is 12.5. The van der Waals surface area contributed by atoms with E-state index in [1.54, 1.807) is 7.11 Å². The smallest absolute Gasteiger partial charge is 0.124 e. The van der Waals surface area contributed by atoms with Crippen molar-refractivity contribution >= 4 is 15.9 Å². The van der Waals surface area contributed by atoms with Crippen molar-refractivity contribution in [2.24, 2.45) is 11.7 Å². The minimum atomic E-state index is 0.0665. The molecule has 2 N–H and O–H groups in total. The Morgan fingerprint density at radius 3 is 2.59 bits per heavy atom. The van der Waals surface area contributed by atoms with Gasteiger partial charge in [-0.25, -0.2) is 0 Å². The molecule has 0 fully saturated rings. The van der Waals surface area contributed by atoms with Gasteiger partial charge in [-0.3, -0.25) is 0 Å². The van der Waals surface area contributed by atoms with Crippen LogP contribution in [0, 0.1) is 5.92 Å². The number of halogens is 1. The summed E-state index contributed by atoms with van der Waals surface area (Å²) in [6, 6.07) is 6.10. The van der Waals surface area contributed by atoms with Gasteiger partial charge in [-0.05, 0) is 24.5 Å². The first-order valence-electron chi connectivity index (χ1n) is 6.13. The highest BCUT2D eigenvalue weighted by Crippen LogP contribution is 2.30. The van der Waals surface area contributed by atoms with E-state index in [2.05, 4.69) is 29.8 Å². The van der Waals surface area contributed by atoms with Gasteiger partial charge in [0.1, 0.15) is 5.75 Å². The van der Waals surface area contributed by atoms with Crippen LogP contribution in [0.1, 0.15) is 44.7 Å². The summed E-state index contributed by atoms with van der Waals surface area (Å²) in [6.07, 6.45) is 3.40. The molecule has 1 atom stereocenters. The molecule has 1 aromatic rings. The fourth-order valence-corrected chi connectivity index (χ4v) is 2.23. The number of methoxy groups -OCH3 is 1. The first-order valence-corrected chi connectivity index (χ1v) is 6.93. The Morgan fingerprint density at radius 2 is 2.00 bits per heavy atom. The molecule has 0 heterocycles. The van der Waals surface area contributed by atoms with Crippen molar-refractivity contribution in [3.8, 4) is 5.75 Å². The Kier molecular flexibility index (Phi) is 6.00. The first kappa shape index (κ1) is 14.5. The topological polar surface area (TPSA) is 35.2 Å². The second-order valence-electron chi connectivity index (χ2n) is 4.82. The van der Waals surface area contributed by atoms with Crippen LogP contribution in [0.2, 0.25) is 0 Å². The van der Waals surface area contributed by atoms with Gasteiger partial charge in [0.05, 0.1) is 7.11 Å². The predicted molar refractivity (Wildman–Crippen MR) is 76.3 cm³/mol. The summed E-state index contributed by atoms with van der Waals surface area (Å²) in [6.45, 7) is 4.48. The molecule has 0 bridgehead atoms. The predicted octanol–water partition coefficient (Wildman–Crippen LogP) is 4.28. The number of benzene rings is 1. The molecule has 0 spiro atoms. The van der Waals surface area contributed by atoms with Gasteiger partial charge in [-0.2, -0.15) is 0 Å². The Hall–Kier alpha value is -0.540. The number of ether oxygens (including phenoxy) is 1. The summed E-state index contributed by atoms with van der Waals surface area (Å²) < 4.78 is 6.39. The molecule has 17 heavy (non-hydrogen) atoms. The van der Waals surface area contributed by atoms with E-state index in [-0.39, 0.29) is 6.04 Å². The molecule has 2 nitrogen and oxygen atoms in total. The molecule has 0 saturated heterocycles. The van der Waals surface area contributed by atoms with Crippen molar-refractivity contribution in [2.75, 3.05) is 7.11 Å². The van der Waals surface area contributed by atoms with Crippen LogP contribution in [0.5, 0.6) is 5.75 Å². The Balaban J connectivity index is 2.64. The molecule has 0 aliphatic heterocycles. The quantitative estimate of drug-likeness (QED) is 0.851. The summed E-state index contributed by atoms with van der Waals surface area (Å²) in [5.41, 5.74) is 7.31. The van der Waals surface area contributed by atoms with E-state index in [4.69, 9.17) is 10.5 Å². The number of hydrogen-bond acceptors (Lipinski definition) is 2. The number of nitrogens with two attached hydrogens (primary N) is 1. The number of rotatable bonds is 6. The zero-order chi connectivity index (χ0) is 12.8. The summed E-state index contributed by atoms with van der Waals surface area (Å²) in [5, 5.41) is 0. The second kappa shape index (κ2) is 7.02. The van der Waals surface area contributed by atoms with Crippen LogP contribution in [0.3, 0.4) is 0 Å². The Labute approximate surface area is 113 Å². The van der Waals surface area contributed by atoms with Crippen molar-refractivity contribution in [1.29, 1.82) is 0 Å². The highest BCUT2D eigenvalue weighted by molar-refractivity contribution is 9.10. The summed E-state index contributed by atoms with van der Waals surface area (Å²) in [5.74, 6) is 1.62. The maximum absolute atomic E-state index is 6.21. The van der Waals surface area contributed by atoms with Crippen molar-refractivity contribution < 1.29 is 4.74 Å². The SMILES string of the molecule is COc1cc(Br)ccc1C(N)CCCC(C)C. The van der Waals surface area contributed by atoms with Crippen LogP contribution < -0.4 is 10.5 Å². The van der Waals surface area contributed by atoms with Crippen LogP contribution in [-0.2, 0) is 0 Å². The monoisotopic (exact) mass is 299 g/mol. The normalized spacial score (nSPS) is 12.8. The summed E-state index contributed by atoms with van der Waals surface area (Å²) >= 11 is 3.44. The second-order valence-corrected chi connectivity index (χ2v) is 5.73. The van der Waals surface area contributed by atoms with Crippen molar-refractivity contribution in [1.82, 2.24) is 0 Å². The van der Waals surface area contributed by atoms with Gasteiger partial charge in [0, 0.05) is 16.1 Å². The molecule has 0 aliphatic carbocycles. The lowest BCUT2D eigenvalue weighted by atomic mass is 9.98. The molecule has 1 unspecified atom stereocenters. The molecule has 1 aromatic carbocycles. The van der Waals surface area contributed by atoms with Gasteiger partial charge in [0.25, 0.3) is 0 Å². The van der Waals surface area contributed by atoms with E-state index in [0.717, 1.165) is 34.5 Å². The van der Waals surface area contributed by atoms with Gasteiger partial charge in [0.2, 0.25) is 0 Å². The first-order chi connectivity index (χ1) is 8.04. The minimum Gasteiger partial charge on any atom is -0.496 e. The van der Waals surface area contributed by atoms with Crippen molar-refractivity contribution in [3.05, 3.63) is 28.2 Å². The van der Waals surface area contributed by atoms with Crippen LogP contribution in [0.15, 0.2) is 22.7 Å². The molecule has 1 rings (SSSR count). The van der Waals surface area contributed by atoms with Gasteiger partial charge < -0.3 is 10.5 Å². The zero-order valence-electron chi connectivity index (χ0n) is 10.9. The van der Waals surface area contributed by atoms with E-state index in [0.29, 0.717) is 0 Å². The fraction of sp³-hybridized carbons (Fsp3) is 0.571. The van der Waals surface area contributed by atoms with Gasteiger partial charge >= 0.3 is 0 Å². The molecule has 0 saturated carbocycles. The average Bonchev–Trinajstić information content (AvgIpc) is 2.28. The Morgan fingerprint density at radius 1 is 1.29 bits per heavy atom. The van der Waals surface area contributed by atoms with E-state index in [9.17, 15) is 0 Å². The molecule has 0 radical (unpaired) electrons. The average molecular weight is 300 g/mol. The molecule has 0 amide bonds. The molecule has 96 valence electrons. The van der Waals surface area contributed by atoms with Gasteiger partial charge in [-0.15, -0.1) is 0 Å². The van der Waals surface area contributed by atoms with E-state index in [1.807, 2.05) is 18.2 Å².